The van der Waals surface area contributed by atoms with Crippen LogP contribution in [0.3, 0.4) is 0 Å². The van der Waals surface area contributed by atoms with Crippen molar-refractivity contribution < 1.29 is 0 Å². The highest BCUT2D eigenvalue weighted by atomic mass is 32.1. The van der Waals surface area contributed by atoms with Crippen LogP contribution in [0.5, 0.6) is 0 Å². The second kappa shape index (κ2) is 23.7. The van der Waals surface area contributed by atoms with E-state index in [9.17, 15) is 0 Å². The molecule has 18 aromatic carbocycles. The van der Waals surface area contributed by atoms with Crippen LogP contribution in [-0.2, 0) is 25.7 Å². The van der Waals surface area contributed by atoms with Crippen LogP contribution < -0.4 is 0 Å². The molecule has 0 nitrogen and oxygen atoms in total. The Bertz CT molecular complexity index is 6190. The van der Waals surface area contributed by atoms with Crippen molar-refractivity contribution in [3.05, 3.63) is 200 Å². The zero-order valence-electron chi connectivity index (χ0n) is 58.8. The van der Waals surface area contributed by atoms with E-state index < -0.39 is 0 Å². The van der Waals surface area contributed by atoms with E-state index in [0.29, 0.717) is 0 Å². The van der Waals surface area contributed by atoms with Crippen molar-refractivity contribution in [2.24, 2.45) is 0 Å². The number of hydrogen-bond donors (Lipinski definition) is 0. The zero-order valence-corrected chi connectivity index (χ0v) is 60.4. The summed E-state index contributed by atoms with van der Waals surface area (Å²) in [5.74, 6) is 16.1. The lowest BCUT2D eigenvalue weighted by molar-refractivity contribution is 0.652. The highest BCUT2D eigenvalue weighted by Gasteiger charge is 2.32. The fraction of sp³-hybridized carbons (Fsp3) is 0.265. The van der Waals surface area contributed by atoms with Crippen LogP contribution in [0.2, 0.25) is 0 Å². The molecule has 100 heavy (non-hydrogen) atoms. The third-order valence-corrected chi connectivity index (χ3v) is 26.9. The molecule has 0 fully saturated rings. The van der Waals surface area contributed by atoms with Gasteiger partial charge < -0.3 is 0 Å². The van der Waals surface area contributed by atoms with Crippen molar-refractivity contribution in [1.82, 2.24) is 0 Å². The molecule has 0 amide bonds. The largest absolute Gasteiger partial charge is 0.126 e. The number of benzene rings is 15. The first kappa shape index (κ1) is 60.7. The lowest BCUT2D eigenvalue weighted by atomic mass is 9.86. The SMILES string of the molecule is CCCCCCc1c(C#Cc2cc3ccc4ccc5ccc6ccc2c2c6c5c4c32)sc(-c2c(C)c3ccc4c(C)c(-c5sc(C#Cc6cc7ccc8ccc9ccc%10ccc6c6c%10c9c8c76)c(CCCCCC)c5CCCCCC)c5ccc6ccc2c2c6c5c4c32)c1CCCCCC. The molecule has 0 aliphatic carbocycles. The van der Waals surface area contributed by atoms with Gasteiger partial charge in [0, 0.05) is 32.0 Å². The highest BCUT2D eigenvalue weighted by molar-refractivity contribution is 7.17. The van der Waals surface area contributed by atoms with Crippen LogP contribution in [0.15, 0.2) is 146 Å². The van der Waals surface area contributed by atoms with Crippen molar-refractivity contribution >= 4 is 184 Å². The Morgan fingerprint density at radius 2 is 0.490 bits per heavy atom. The van der Waals surface area contributed by atoms with Gasteiger partial charge in [0.25, 0.3) is 0 Å². The monoisotopic (exact) mass is 1320 g/mol. The van der Waals surface area contributed by atoms with Crippen molar-refractivity contribution in [2.45, 2.75) is 170 Å². The van der Waals surface area contributed by atoms with Crippen LogP contribution >= 0.6 is 22.7 Å². The van der Waals surface area contributed by atoms with E-state index in [1.165, 1.54) is 317 Å². The Hall–Kier alpha value is -9.28. The fourth-order valence-electron chi connectivity index (χ4n) is 19.7. The van der Waals surface area contributed by atoms with Gasteiger partial charge in [0.05, 0.1) is 9.75 Å². The van der Waals surface area contributed by atoms with Gasteiger partial charge in [0.2, 0.25) is 0 Å². The standard InChI is InChI=1S/C98H82S2/c1-7-11-15-19-23-72-74(25-21-17-13-9-3)97(99-78(72)51-43-64-53-66-37-35-59-29-27-57-31-33-61-39-45-70(64)93-86(61)82(57)84(59)89(66)93)80-55(5)68-49-50-69-56(6)81(77-48-42-63-41-47-76(80)95-88(63)96(77)92(69)91(68)95)98-75(26-22-18-14-10-4)73(24-20-16-12-8-2)79(100-98)52-44-65-54-67-38-36-60-30-28-58-32-34-62-40-46-71(65)94-87(62)83(58)85(60)90(67)94/h27-42,45-50,53-54H,7-26H2,1-6H3. The number of rotatable bonds is 22. The van der Waals surface area contributed by atoms with Gasteiger partial charge >= 0.3 is 0 Å². The Kier molecular flexibility index (Phi) is 14.4. The van der Waals surface area contributed by atoms with E-state index in [1.54, 1.807) is 11.1 Å². The first-order valence-corrected chi connectivity index (χ1v) is 39.9. The Labute approximate surface area is 594 Å². The van der Waals surface area contributed by atoms with Gasteiger partial charge in [-0.2, -0.15) is 0 Å². The molecule has 2 heterocycles. The van der Waals surface area contributed by atoms with Crippen molar-refractivity contribution in [1.29, 1.82) is 0 Å². The Morgan fingerprint density at radius 3 is 0.830 bits per heavy atom. The Morgan fingerprint density at radius 1 is 0.240 bits per heavy atom. The summed E-state index contributed by atoms with van der Waals surface area (Å²) in [6.45, 7) is 14.3. The maximum absolute atomic E-state index is 4.08. The summed E-state index contributed by atoms with van der Waals surface area (Å²) in [5.41, 5.74) is 14.1. The van der Waals surface area contributed by atoms with Gasteiger partial charge in [-0.25, -0.2) is 0 Å². The summed E-state index contributed by atoms with van der Waals surface area (Å²) in [7, 11) is 0. The quantitative estimate of drug-likeness (QED) is 0.0360. The number of aryl methyl sites for hydroxylation is 2. The van der Waals surface area contributed by atoms with E-state index in [-0.39, 0.29) is 0 Å². The summed E-state index contributed by atoms with van der Waals surface area (Å²) < 4.78 is 0. The molecule has 2 heteroatoms. The molecule has 486 valence electrons. The average Bonchev–Trinajstić information content (AvgIpc) is 1.52. The lowest BCUT2D eigenvalue weighted by Gasteiger charge is -2.17. The van der Waals surface area contributed by atoms with E-state index in [0.717, 1.165) is 36.8 Å². The van der Waals surface area contributed by atoms with E-state index in [2.05, 4.69) is 211 Å². The molecule has 0 N–H and O–H groups in total. The minimum atomic E-state index is 1.07. The van der Waals surface area contributed by atoms with Gasteiger partial charge in [-0.05, 0) is 272 Å². The third kappa shape index (κ3) is 8.73. The van der Waals surface area contributed by atoms with Crippen LogP contribution in [0.4, 0.5) is 0 Å². The zero-order chi connectivity index (χ0) is 66.8. The minimum absolute atomic E-state index is 1.07. The van der Waals surface area contributed by atoms with E-state index in [4.69, 9.17) is 0 Å². The number of unbranched alkanes of at least 4 members (excludes halogenated alkanes) is 12. The first-order valence-electron chi connectivity index (χ1n) is 38.2. The van der Waals surface area contributed by atoms with Gasteiger partial charge in [-0.3, -0.25) is 0 Å². The summed E-state index contributed by atoms with van der Waals surface area (Å²) in [6, 6.07) is 57.4. The van der Waals surface area contributed by atoms with Crippen LogP contribution in [0, 0.1) is 37.5 Å². The average molecular weight is 1320 g/mol. The maximum Gasteiger partial charge on any atom is 0.0813 e. The number of thiophene rings is 2. The van der Waals surface area contributed by atoms with Gasteiger partial charge in [0.15, 0.2) is 0 Å². The van der Waals surface area contributed by atoms with Crippen molar-refractivity contribution in [3.8, 4) is 44.6 Å². The molecule has 20 aromatic rings. The normalized spacial score (nSPS) is 12.7. The molecular formula is C98H82S2. The lowest BCUT2D eigenvalue weighted by Crippen LogP contribution is -1.98. The molecule has 0 saturated heterocycles. The molecule has 0 unspecified atom stereocenters. The summed E-state index contributed by atoms with van der Waals surface area (Å²) in [4.78, 5) is 5.46. The van der Waals surface area contributed by atoms with Crippen LogP contribution in [-0.4, -0.2) is 0 Å². The molecule has 0 radical (unpaired) electrons. The molecular weight excluding hydrogens is 1240 g/mol. The third-order valence-electron chi connectivity index (χ3n) is 24.5. The maximum atomic E-state index is 4.08. The smallest absolute Gasteiger partial charge is 0.0813 e. The van der Waals surface area contributed by atoms with Crippen molar-refractivity contribution in [2.75, 3.05) is 0 Å². The Balaban J connectivity index is 0.785. The van der Waals surface area contributed by atoms with E-state index in [1.807, 2.05) is 22.7 Å². The van der Waals surface area contributed by atoms with Crippen molar-refractivity contribution in [3.63, 3.8) is 0 Å². The summed E-state index contributed by atoms with van der Waals surface area (Å²) in [5, 5.41) is 41.5. The molecule has 0 saturated carbocycles. The van der Waals surface area contributed by atoms with Gasteiger partial charge in [0.1, 0.15) is 0 Å². The molecule has 20 rings (SSSR count). The molecule has 2 aromatic heterocycles. The second-order valence-corrected chi connectivity index (χ2v) is 32.2. The first-order chi connectivity index (χ1) is 49.3. The molecule has 0 spiro atoms. The molecule has 0 aliphatic rings. The molecule has 0 bridgehead atoms. The predicted molar refractivity (Wildman–Crippen MR) is 442 cm³/mol. The summed E-state index contributed by atoms with van der Waals surface area (Å²) >= 11 is 4.04. The van der Waals surface area contributed by atoms with Crippen LogP contribution in [0.1, 0.15) is 185 Å². The van der Waals surface area contributed by atoms with Gasteiger partial charge in [-0.1, -0.05) is 262 Å². The predicted octanol–water partition coefficient (Wildman–Crippen LogP) is 29.3. The van der Waals surface area contributed by atoms with Crippen LogP contribution in [0.25, 0.3) is 182 Å². The highest BCUT2D eigenvalue weighted by Crippen LogP contribution is 2.58. The number of hydrogen-bond acceptors (Lipinski definition) is 2. The topological polar surface area (TPSA) is 0 Å². The minimum Gasteiger partial charge on any atom is -0.126 e. The summed E-state index contributed by atoms with van der Waals surface area (Å²) in [6.07, 6.45) is 24.0. The second-order valence-electron chi connectivity index (χ2n) is 30.2. The van der Waals surface area contributed by atoms with E-state index >= 15 is 0 Å². The van der Waals surface area contributed by atoms with Gasteiger partial charge in [-0.15, -0.1) is 22.7 Å². The fourth-order valence-corrected chi connectivity index (χ4v) is 22.5. The molecule has 0 aliphatic heterocycles. The molecule has 0 atom stereocenters.